The van der Waals surface area contributed by atoms with Crippen molar-refractivity contribution in [1.82, 2.24) is 4.90 Å². The number of likely N-dealkylation sites (tertiary alicyclic amines) is 1. The molecule has 1 N–H and O–H groups in total. The second-order valence-corrected chi connectivity index (χ2v) is 6.76. The fourth-order valence-corrected chi connectivity index (χ4v) is 4.27. The van der Waals surface area contributed by atoms with Gasteiger partial charge in [-0.05, 0) is 32.1 Å². The zero-order valence-corrected chi connectivity index (χ0v) is 11.7. The molecule has 3 aliphatic rings. The minimum Gasteiger partial charge on any atom is -0.387 e. The Morgan fingerprint density at radius 3 is 2.67 bits per heavy atom. The summed E-state index contributed by atoms with van der Waals surface area (Å²) < 4.78 is 6.09. The Balaban J connectivity index is 1.55. The van der Waals surface area contributed by atoms with Crippen LogP contribution in [0, 0.1) is 0 Å². The molecule has 0 bridgehead atoms. The lowest BCUT2D eigenvalue weighted by molar-refractivity contribution is -0.160. The average Bonchev–Trinajstić information content (AvgIpc) is 2.74. The van der Waals surface area contributed by atoms with E-state index < -0.39 is 0 Å². The Labute approximate surface area is 110 Å². The molecule has 0 aromatic carbocycles. The van der Waals surface area contributed by atoms with Gasteiger partial charge in [0.1, 0.15) is 0 Å². The molecule has 2 heterocycles. The normalized spacial score (nSPS) is 34.7. The van der Waals surface area contributed by atoms with Gasteiger partial charge in [-0.3, -0.25) is 4.90 Å². The number of β-amino-alcohol motifs (C(OH)–C–C–N with tert-alkyl or cyclic N) is 1. The topological polar surface area (TPSA) is 32.7 Å². The van der Waals surface area contributed by atoms with Crippen LogP contribution in [0.5, 0.6) is 0 Å². The molecule has 3 fully saturated rings. The lowest BCUT2D eigenvalue weighted by Gasteiger charge is -2.53. The van der Waals surface area contributed by atoms with Crippen LogP contribution in [0.1, 0.15) is 58.3 Å². The van der Waals surface area contributed by atoms with Crippen molar-refractivity contribution in [2.75, 3.05) is 19.7 Å². The van der Waals surface area contributed by atoms with Gasteiger partial charge in [0.05, 0.1) is 11.2 Å². The van der Waals surface area contributed by atoms with E-state index in [0.29, 0.717) is 6.04 Å². The zero-order chi connectivity index (χ0) is 12.6. The van der Waals surface area contributed by atoms with Gasteiger partial charge in [0.15, 0.2) is 0 Å². The molecule has 3 rings (SSSR count). The lowest BCUT2D eigenvalue weighted by atomic mass is 9.82. The van der Waals surface area contributed by atoms with E-state index >= 15 is 0 Å². The van der Waals surface area contributed by atoms with E-state index in [2.05, 4.69) is 11.8 Å². The summed E-state index contributed by atoms with van der Waals surface area (Å²) in [5.74, 6) is 0. The molecule has 1 saturated carbocycles. The third-order valence-corrected chi connectivity index (χ3v) is 5.21. The van der Waals surface area contributed by atoms with Gasteiger partial charge in [-0.2, -0.15) is 0 Å². The largest absolute Gasteiger partial charge is 0.387 e. The molecule has 1 atom stereocenters. The van der Waals surface area contributed by atoms with E-state index in [1.807, 2.05) is 0 Å². The van der Waals surface area contributed by atoms with Gasteiger partial charge < -0.3 is 9.84 Å². The predicted molar refractivity (Wildman–Crippen MR) is 71.6 cm³/mol. The standard InChI is InChI=1S/C15H27NO2/c1-2-6-14(17)11-16(12-14)13-5-9-18-15(10-13)7-3-4-8-15/h13,17H,2-12H2,1H3. The Bertz CT molecular complexity index is 293. The van der Waals surface area contributed by atoms with Crippen LogP contribution in [-0.4, -0.2) is 46.9 Å². The van der Waals surface area contributed by atoms with Crippen molar-refractivity contribution in [3.05, 3.63) is 0 Å². The predicted octanol–water partition coefficient (Wildman–Crippen LogP) is 2.33. The van der Waals surface area contributed by atoms with Gasteiger partial charge in [0.25, 0.3) is 0 Å². The highest BCUT2D eigenvalue weighted by Gasteiger charge is 2.47. The molecule has 0 aromatic heterocycles. The smallest absolute Gasteiger partial charge is 0.0900 e. The molecule has 1 spiro atoms. The molecule has 3 heteroatoms. The van der Waals surface area contributed by atoms with Crippen LogP contribution in [0.4, 0.5) is 0 Å². The van der Waals surface area contributed by atoms with Crippen molar-refractivity contribution < 1.29 is 9.84 Å². The van der Waals surface area contributed by atoms with Crippen molar-refractivity contribution in [1.29, 1.82) is 0 Å². The summed E-state index contributed by atoms with van der Waals surface area (Å²) in [6.45, 7) is 4.86. The molecule has 0 aromatic rings. The number of rotatable bonds is 3. The molecule has 0 radical (unpaired) electrons. The van der Waals surface area contributed by atoms with E-state index in [1.54, 1.807) is 0 Å². The summed E-state index contributed by atoms with van der Waals surface area (Å²) in [5.41, 5.74) is -0.169. The minimum atomic E-state index is -0.379. The first kappa shape index (κ1) is 12.9. The van der Waals surface area contributed by atoms with Crippen LogP contribution in [0.2, 0.25) is 0 Å². The molecule has 3 nitrogen and oxygen atoms in total. The highest BCUT2D eigenvalue weighted by molar-refractivity contribution is 5.02. The van der Waals surface area contributed by atoms with Gasteiger partial charge in [0.2, 0.25) is 0 Å². The summed E-state index contributed by atoms with van der Waals surface area (Å²) in [4.78, 5) is 2.50. The molecule has 2 aliphatic heterocycles. The van der Waals surface area contributed by atoms with Crippen LogP contribution in [0.15, 0.2) is 0 Å². The Morgan fingerprint density at radius 2 is 2.00 bits per heavy atom. The zero-order valence-electron chi connectivity index (χ0n) is 11.7. The van der Waals surface area contributed by atoms with Gasteiger partial charge in [-0.1, -0.05) is 26.2 Å². The van der Waals surface area contributed by atoms with Crippen molar-refractivity contribution in [2.24, 2.45) is 0 Å². The van der Waals surface area contributed by atoms with E-state index in [0.717, 1.165) is 39.0 Å². The summed E-state index contributed by atoms with van der Waals surface area (Å²) in [5, 5.41) is 10.3. The van der Waals surface area contributed by atoms with Crippen LogP contribution in [0.3, 0.4) is 0 Å². The van der Waals surface area contributed by atoms with Crippen LogP contribution < -0.4 is 0 Å². The molecule has 2 saturated heterocycles. The Morgan fingerprint density at radius 1 is 1.28 bits per heavy atom. The minimum absolute atomic E-state index is 0.210. The number of aliphatic hydroxyl groups is 1. The van der Waals surface area contributed by atoms with Crippen LogP contribution >= 0.6 is 0 Å². The summed E-state index contributed by atoms with van der Waals surface area (Å²) in [6, 6.07) is 0.661. The highest BCUT2D eigenvalue weighted by Crippen LogP contribution is 2.42. The van der Waals surface area contributed by atoms with Crippen LogP contribution in [-0.2, 0) is 4.74 Å². The third kappa shape index (κ3) is 2.33. The third-order valence-electron chi connectivity index (χ3n) is 5.21. The van der Waals surface area contributed by atoms with E-state index in [1.165, 1.54) is 32.1 Å². The summed E-state index contributed by atoms with van der Waals surface area (Å²) in [7, 11) is 0. The first-order chi connectivity index (χ1) is 8.65. The molecule has 104 valence electrons. The van der Waals surface area contributed by atoms with E-state index in [4.69, 9.17) is 4.74 Å². The molecule has 0 amide bonds. The fraction of sp³-hybridized carbons (Fsp3) is 1.00. The van der Waals surface area contributed by atoms with Crippen molar-refractivity contribution in [2.45, 2.75) is 75.5 Å². The number of ether oxygens (including phenoxy) is 1. The van der Waals surface area contributed by atoms with Crippen LogP contribution in [0.25, 0.3) is 0 Å². The Kier molecular flexibility index (Phi) is 3.41. The Hall–Kier alpha value is -0.120. The van der Waals surface area contributed by atoms with Crippen molar-refractivity contribution >= 4 is 0 Å². The van der Waals surface area contributed by atoms with Gasteiger partial charge >= 0.3 is 0 Å². The average molecular weight is 253 g/mol. The molecule has 18 heavy (non-hydrogen) atoms. The second-order valence-electron chi connectivity index (χ2n) is 6.76. The van der Waals surface area contributed by atoms with E-state index in [9.17, 15) is 5.11 Å². The first-order valence-corrected chi connectivity index (χ1v) is 7.75. The molecular weight excluding hydrogens is 226 g/mol. The molecular formula is C15H27NO2. The maximum Gasteiger partial charge on any atom is 0.0900 e. The monoisotopic (exact) mass is 253 g/mol. The molecule has 1 aliphatic carbocycles. The molecule has 1 unspecified atom stereocenters. The van der Waals surface area contributed by atoms with Gasteiger partial charge in [-0.25, -0.2) is 0 Å². The van der Waals surface area contributed by atoms with Crippen molar-refractivity contribution in [3.63, 3.8) is 0 Å². The maximum atomic E-state index is 10.3. The number of nitrogens with zero attached hydrogens (tertiary/aromatic N) is 1. The quantitative estimate of drug-likeness (QED) is 0.838. The second kappa shape index (κ2) is 4.77. The SMILES string of the molecule is CCCC1(O)CN(C2CCOC3(CCCC3)C2)C1. The van der Waals surface area contributed by atoms with Gasteiger partial charge in [-0.15, -0.1) is 0 Å². The fourth-order valence-electron chi connectivity index (χ4n) is 4.27. The summed E-state index contributed by atoms with van der Waals surface area (Å²) in [6.07, 6.45) is 9.60. The van der Waals surface area contributed by atoms with E-state index in [-0.39, 0.29) is 11.2 Å². The van der Waals surface area contributed by atoms with Crippen molar-refractivity contribution in [3.8, 4) is 0 Å². The van der Waals surface area contributed by atoms with Gasteiger partial charge in [0, 0.05) is 25.7 Å². The lowest BCUT2D eigenvalue weighted by Crippen LogP contribution is -2.66. The maximum absolute atomic E-state index is 10.3. The summed E-state index contributed by atoms with van der Waals surface area (Å²) >= 11 is 0. The number of hydrogen-bond donors (Lipinski definition) is 1. The first-order valence-electron chi connectivity index (χ1n) is 7.75. The highest BCUT2D eigenvalue weighted by atomic mass is 16.5. The number of hydrogen-bond acceptors (Lipinski definition) is 3.